The second-order valence-corrected chi connectivity index (χ2v) is 9.04. The average Bonchev–Trinajstić information content (AvgIpc) is 2.20. The summed E-state index contributed by atoms with van der Waals surface area (Å²) in [5.74, 6) is 0. The SMILES string of the molecule is C[C@@H](N[S@+]([O-])C(C)(C)C)[C@@H]1CCC(I)C(O)O1. The summed E-state index contributed by atoms with van der Waals surface area (Å²) in [5, 5.41) is 9.66. The largest absolute Gasteiger partial charge is 0.598 e. The highest BCUT2D eigenvalue weighted by Crippen LogP contribution is 2.26. The van der Waals surface area contributed by atoms with Gasteiger partial charge >= 0.3 is 0 Å². The number of rotatable bonds is 3. The highest BCUT2D eigenvalue weighted by Gasteiger charge is 2.35. The number of hydrogen-bond acceptors (Lipinski definition) is 4. The summed E-state index contributed by atoms with van der Waals surface area (Å²) in [6.07, 6.45) is 1.05. The van der Waals surface area contributed by atoms with E-state index in [1.807, 2.05) is 27.7 Å². The lowest BCUT2D eigenvalue weighted by molar-refractivity contribution is -0.160. The topological polar surface area (TPSA) is 64.5 Å². The predicted octanol–water partition coefficient (Wildman–Crippen LogP) is 1.73. The maximum absolute atomic E-state index is 11.9. The van der Waals surface area contributed by atoms with Crippen LogP contribution in [0.3, 0.4) is 0 Å². The van der Waals surface area contributed by atoms with Crippen molar-refractivity contribution in [3.8, 4) is 0 Å². The van der Waals surface area contributed by atoms with Crippen LogP contribution in [0.5, 0.6) is 0 Å². The molecule has 0 aliphatic carbocycles. The summed E-state index contributed by atoms with van der Waals surface area (Å²) >= 11 is 1.10. The molecule has 1 aliphatic heterocycles. The van der Waals surface area contributed by atoms with Gasteiger partial charge in [-0.25, -0.2) is 0 Å². The Labute approximate surface area is 120 Å². The van der Waals surface area contributed by atoms with Crippen molar-refractivity contribution in [1.29, 1.82) is 0 Å². The van der Waals surface area contributed by atoms with Crippen molar-refractivity contribution in [3.05, 3.63) is 0 Å². The molecule has 0 aromatic heterocycles. The third-order valence-electron chi connectivity index (χ3n) is 2.76. The standard InChI is InChI=1S/C11H22INO3S/c1-7(13-17(15)11(2,3)4)9-6-5-8(12)10(14)16-9/h7-10,13-14H,5-6H2,1-4H3/t7-,8?,9+,10?,17-/m1/s1. The summed E-state index contributed by atoms with van der Waals surface area (Å²) in [7, 11) is 0. The Bertz CT molecular complexity index is 249. The molecular formula is C11H22INO3S. The monoisotopic (exact) mass is 375 g/mol. The van der Waals surface area contributed by atoms with E-state index < -0.39 is 17.7 Å². The van der Waals surface area contributed by atoms with E-state index >= 15 is 0 Å². The van der Waals surface area contributed by atoms with Gasteiger partial charge in [-0.2, -0.15) is 0 Å². The number of ether oxygens (including phenoxy) is 1. The van der Waals surface area contributed by atoms with Crippen LogP contribution in [0, 0.1) is 0 Å². The van der Waals surface area contributed by atoms with Crippen LogP contribution in [0.15, 0.2) is 0 Å². The van der Waals surface area contributed by atoms with Crippen LogP contribution in [0.1, 0.15) is 40.5 Å². The minimum atomic E-state index is -1.10. The average molecular weight is 375 g/mol. The van der Waals surface area contributed by atoms with Gasteiger partial charge in [0.25, 0.3) is 0 Å². The molecule has 102 valence electrons. The lowest BCUT2D eigenvalue weighted by Gasteiger charge is -2.35. The molecule has 1 fully saturated rings. The maximum atomic E-state index is 11.9. The minimum Gasteiger partial charge on any atom is -0.598 e. The summed E-state index contributed by atoms with van der Waals surface area (Å²) in [5.41, 5.74) is 0. The Hall–Kier alpha value is 0.920. The number of nitrogens with one attached hydrogen (secondary N) is 1. The number of aliphatic hydroxyl groups is 1. The van der Waals surface area contributed by atoms with Gasteiger partial charge in [0.15, 0.2) is 6.29 Å². The second kappa shape index (κ2) is 6.38. The van der Waals surface area contributed by atoms with Gasteiger partial charge in [-0.1, -0.05) is 22.6 Å². The van der Waals surface area contributed by atoms with Crippen molar-refractivity contribution in [2.75, 3.05) is 0 Å². The smallest absolute Gasteiger partial charge is 0.166 e. The molecule has 2 N–H and O–H groups in total. The van der Waals surface area contributed by atoms with Gasteiger partial charge in [-0.05, 0) is 40.5 Å². The molecule has 0 amide bonds. The zero-order chi connectivity index (χ0) is 13.2. The van der Waals surface area contributed by atoms with E-state index in [-0.39, 0.29) is 20.8 Å². The molecule has 0 spiro atoms. The first kappa shape index (κ1) is 16.0. The lowest BCUT2D eigenvalue weighted by atomic mass is 10.0. The van der Waals surface area contributed by atoms with Crippen molar-refractivity contribution >= 4 is 34.0 Å². The van der Waals surface area contributed by atoms with Crippen molar-refractivity contribution in [2.24, 2.45) is 0 Å². The van der Waals surface area contributed by atoms with Crippen LogP contribution < -0.4 is 4.72 Å². The Morgan fingerprint density at radius 2 is 2.06 bits per heavy atom. The highest BCUT2D eigenvalue weighted by molar-refractivity contribution is 14.1. The molecule has 1 rings (SSSR count). The van der Waals surface area contributed by atoms with Crippen LogP contribution in [0.25, 0.3) is 0 Å². The van der Waals surface area contributed by atoms with E-state index in [1.54, 1.807) is 0 Å². The maximum Gasteiger partial charge on any atom is 0.166 e. The summed E-state index contributed by atoms with van der Waals surface area (Å²) < 4.78 is 20.4. The molecule has 1 aliphatic rings. The first-order valence-electron chi connectivity index (χ1n) is 5.87. The summed E-state index contributed by atoms with van der Waals surface area (Å²) in [4.78, 5) is 0. The Kier molecular flexibility index (Phi) is 6.00. The third-order valence-corrected chi connectivity index (χ3v) is 5.69. The molecule has 4 nitrogen and oxygen atoms in total. The minimum absolute atomic E-state index is 0.0198. The zero-order valence-electron chi connectivity index (χ0n) is 10.8. The Balaban J connectivity index is 2.46. The highest BCUT2D eigenvalue weighted by atomic mass is 127. The van der Waals surface area contributed by atoms with Crippen LogP contribution in [0.2, 0.25) is 0 Å². The van der Waals surface area contributed by atoms with Crippen LogP contribution >= 0.6 is 22.6 Å². The molecule has 0 aromatic carbocycles. The molecule has 1 heterocycles. The summed E-state index contributed by atoms with van der Waals surface area (Å²) in [6, 6.07) is -0.0198. The van der Waals surface area contributed by atoms with Crippen LogP contribution in [-0.4, -0.2) is 36.8 Å². The molecule has 17 heavy (non-hydrogen) atoms. The Morgan fingerprint density at radius 1 is 1.47 bits per heavy atom. The number of alkyl halides is 1. The van der Waals surface area contributed by atoms with Crippen molar-refractivity contribution in [1.82, 2.24) is 4.72 Å². The number of halogens is 1. The Morgan fingerprint density at radius 3 is 2.53 bits per heavy atom. The van der Waals surface area contributed by atoms with Gasteiger partial charge < -0.3 is 14.4 Å². The lowest BCUT2D eigenvalue weighted by Crippen LogP contribution is -2.51. The zero-order valence-corrected chi connectivity index (χ0v) is 13.7. The van der Waals surface area contributed by atoms with E-state index in [4.69, 9.17) is 4.74 Å². The van der Waals surface area contributed by atoms with Crippen LogP contribution in [0.4, 0.5) is 0 Å². The third kappa shape index (κ3) is 4.83. The molecule has 0 aromatic rings. The van der Waals surface area contributed by atoms with Crippen molar-refractivity contribution < 1.29 is 14.4 Å². The molecule has 1 saturated heterocycles. The van der Waals surface area contributed by atoms with Gasteiger partial charge in [-0.3, -0.25) is 0 Å². The number of hydrogen-bond donors (Lipinski definition) is 2. The molecule has 0 bridgehead atoms. The molecule has 0 saturated carbocycles. The number of aliphatic hydroxyl groups excluding tert-OH is 1. The van der Waals surface area contributed by atoms with Gasteiger partial charge in [0.1, 0.15) is 4.75 Å². The van der Waals surface area contributed by atoms with E-state index in [0.717, 1.165) is 12.8 Å². The van der Waals surface area contributed by atoms with Gasteiger partial charge in [0, 0.05) is 11.4 Å². The van der Waals surface area contributed by atoms with E-state index in [0.29, 0.717) is 0 Å². The molecular weight excluding hydrogens is 353 g/mol. The molecule has 0 radical (unpaired) electrons. The van der Waals surface area contributed by atoms with Crippen LogP contribution in [-0.2, 0) is 16.1 Å². The van der Waals surface area contributed by atoms with E-state index in [1.165, 1.54) is 0 Å². The normalized spacial score (nSPS) is 34.4. The quantitative estimate of drug-likeness (QED) is 0.448. The molecule has 5 atom stereocenters. The van der Waals surface area contributed by atoms with Gasteiger partial charge in [0.2, 0.25) is 0 Å². The van der Waals surface area contributed by atoms with E-state index in [9.17, 15) is 9.66 Å². The molecule has 2 unspecified atom stereocenters. The first-order valence-corrected chi connectivity index (χ1v) is 8.27. The van der Waals surface area contributed by atoms with Crippen molar-refractivity contribution in [2.45, 2.75) is 67.6 Å². The van der Waals surface area contributed by atoms with Crippen molar-refractivity contribution in [3.63, 3.8) is 0 Å². The first-order chi connectivity index (χ1) is 7.71. The predicted molar refractivity (Wildman–Crippen MR) is 78.4 cm³/mol. The summed E-state index contributed by atoms with van der Waals surface area (Å²) in [6.45, 7) is 7.75. The van der Waals surface area contributed by atoms with Gasteiger partial charge in [-0.15, -0.1) is 4.72 Å². The fourth-order valence-electron chi connectivity index (χ4n) is 1.59. The molecule has 6 heteroatoms. The van der Waals surface area contributed by atoms with E-state index in [2.05, 4.69) is 27.3 Å². The fraction of sp³-hybridized carbons (Fsp3) is 1.00. The fourth-order valence-corrected chi connectivity index (χ4v) is 2.96. The second-order valence-electron chi connectivity index (χ2n) is 5.45. The van der Waals surface area contributed by atoms with Gasteiger partial charge in [0.05, 0.1) is 16.1 Å².